The monoisotopic (exact) mass is 355 g/mol. The first-order valence-electron chi connectivity index (χ1n) is 9.75. The van der Waals surface area contributed by atoms with Crippen LogP contribution in [0.5, 0.6) is 0 Å². The summed E-state index contributed by atoms with van der Waals surface area (Å²) in [6.45, 7) is 4.62. The van der Waals surface area contributed by atoms with Gasteiger partial charge in [0.25, 0.3) is 0 Å². The molecule has 4 heteroatoms. The van der Waals surface area contributed by atoms with Gasteiger partial charge in [0, 0.05) is 30.0 Å². The van der Waals surface area contributed by atoms with Crippen molar-refractivity contribution in [2.24, 2.45) is 5.92 Å². The second-order valence-electron chi connectivity index (χ2n) is 7.53. The van der Waals surface area contributed by atoms with Gasteiger partial charge in [-0.3, -0.25) is 9.69 Å². The topological polar surface area (TPSA) is 49.8 Å². The van der Waals surface area contributed by atoms with Gasteiger partial charge in [0.05, 0.1) is 13.2 Å². The molecule has 1 aliphatic carbocycles. The molecule has 2 aliphatic rings. The molecule has 1 aromatic rings. The highest BCUT2D eigenvalue weighted by Crippen LogP contribution is 2.43. The van der Waals surface area contributed by atoms with Crippen molar-refractivity contribution < 1.29 is 14.6 Å². The summed E-state index contributed by atoms with van der Waals surface area (Å²) in [6, 6.07) is 10.1. The molecule has 3 rings (SSSR count). The Morgan fingerprint density at radius 2 is 2.04 bits per heavy atom. The number of carbonyl (C=O) groups excluding carboxylic acids is 1. The van der Waals surface area contributed by atoms with Gasteiger partial charge in [-0.15, -0.1) is 0 Å². The molecule has 1 saturated heterocycles. The van der Waals surface area contributed by atoms with Crippen molar-refractivity contribution in [1.82, 2.24) is 4.90 Å². The van der Waals surface area contributed by atoms with Crippen LogP contribution in [0.25, 0.3) is 0 Å². The number of likely N-dealkylation sites (tertiary alicyclic amines) is 1. The van der Waals surface area contributed by atoms with E-state index in [9.17, 15) is 9.90 Å². The van der Waals surface area contributed by atoms with Crippen LogP contribution in [0.3, 0.4) is 0 Å². The molecule has 1 N–H and O–H groups in total. The Bertz CT molecular complexity index is 678. The SMILES string of the molecule is CCOC(=O)CN1C(C)CC(O)(C#Cc2ccccc2)C2CCCCC21. The fourth-order valence-corrected chi connectivity index (χ4v) is 4.59. The van der Waals surface area contributed by atoms with Crippen molar-refractivity contribution in [2.75, 3.05) is 13.2 Å². The van der Waals surface area contributed by atoms with Crippen LogP contribution in [0.15, 0.2) is 30.3 Å². The number of nitrogens with zero attached hydrogens (tertiary/aromatic N) is 1. The predicted octanol–water partition coefficient (Wildman–Crippen LogP) is 2.99. The third kappa shape index (κ3) is 4.11. The average molecular weight is 355 g/mol. The smallest absolute Gasteiger partial charge is 0.320 e. The van der Waals surface area contributed by atoms with Crippen molar-refractivity contribution in [3.05, 3.63) is 35.9 Å². The zero-order valence-electron chi connectivity index (χ0n) is 15.8. The molecule has 1 heterocycles. The van der Waals surface area contributed by atoms with Crippen LogP contribution in [0.2, 0.25) is 0 Å². The molecular weight excluding hydrogens is 326 g/mol. The van der Waals surface area contributed by atoms with Crippen molar-refractivity contribution >= 4 is 5.97 Å². The number of piperidine rings is 1. The summed E-state index contributed by atoms with van der Waals surface area (Å²) in [5, 5.41) is 11.4. The second kappa shape index (κ2) is 8.24. The Kier molecular flexibility index (Phi) is 6.01. The molecule has 2 fully saturated rings. The number of rotatable bonds is 3. The van der Waals surface area contributed by atoms with Crippen LogP contribution >= 0.6 is 0 Å². The van der Waals surface area contributed by atoms with E-state index in [0.717, 1.165) is 31.2 Å². The molecular formula is C22H29NO3. The van der Waals surface area contributed by atoms with Crippen LogP contribution in [-0.4, -0.2) is 46.8 Å². The van der Waals surface area contributed by atoms with Gasteiger partial charge in [-0.05, 0) is 38.8 Å². The summed E-state index contributed by atoms with van der Waals surface area (Å²) in [6.07, 6.45) is 4.77. The van der Waals surface area contributed by atoms with E-state index in [4.69, 9.17) is 4.74 Å². The number of hydrogen-bond donors (Lipinski definition) is 1. The lowest BCUT2D eigenvalue weighted by atomic mass is 9.67. The van der Waals surface area contributed by atoms with Crippen molar-refractivity contribution in [3.8, 4) is 11.8 Å². The number of carbonyl (C=O) groups is 1. The zero-order valence-corrected chi connectivity index (χ0v) is 15.8. The lowest BCUT2D eigenvalue weighted by Crippen LogP contribution is -2.62. The second-order valence-corrected chi connectivity index (χ2v) is 7.53. The highest BCUT2D eigenvalue weighted by Gasteiger charge is 2.50. The normalized spacial score (nSPS) is 31.4. The lowest BCUT2D eigenvalue weighted by Gasteiger charge is -2.53. The fourth-order valence-electron chi connectivity index (χ4n) is 4.59. The van der Waals surface area contributed by atoms with Crippen molar-refractivity contribution in [1.29, 1.82) is 0 Å². The van der Waals surface area contributed by atoms with Crippen LogP contribution in [0.4, 0.5) is 0 Å². The molecule has 0 spiro atoms. The molecule has 4 unspecified atom stereocenters. The largest absolute Gasteiger partial charge is 0.465 e. The molecule has 0 radical (unpaired) electrons. The van der Waals surface area contributed by atoms with E-state index in [2.05, 4.69) is 23.7 Å². The standard InChI is InChI=1S/C22H29NO3/c1-3-26-21(24)16-23-17(2)15-22(25,19-11-7-8-12-20(19)23)14-13-18-9-5-4-6-10-18/h4-6,9-10,17,19-20,25H,3,7-8,11-12,15-16H2,1-2H3. The Balaban J connectivity index is 1.83. The summed E-state index contributed by atoms with van der Waals surface area (Å²) < 4.78 is 5.16. The number of benzene rings is 1. The van der Waals surface area contributed by atoms with Gasteiger partial charge in [-0.1, -0.05) is 42.9 Å². The minimum absolute atomic E-state index is 0.0816. The highest BCUT2D eigenvalue weighted by atomic mass is 16.5. The summed E-state index contributed by atoms with van der Waals surface area (Å²) >= 11 is 0. The zero-order chi connectivity index (χ0) is 18.6. The van der Waals surface area contributed by atoms with Gasteiger partial charge < -0.3 is 9.84 Å². The third-order valence-electron chi connectivity index (χ3n) is 5.76. The molecule has 4 nitrogen and oxygen atoms in total. The van der Waals surface area contributed by atoms with Gasteiger partial charge in [-0.25, -0.2) is 0 Å². The maximum Gasteiger partial charge on any atom is 0.320 e. The van der Waals surface area contributed by atoms with Crippen LogP contribution in [0.1, 0.15) is 51.5 Å². The Labute approximate surface area is 156 Å². The third-order valence-corrected chi connectivity index (χ3v) is 5.76. The van der Waals surface area contributed by atoms with Gasteiger partial charge >= 0.3 is 5.97 Å². The Morgan fingerprint density at radius 1 is 1.31 bits per heavy atom. The summed E-state index contributed by atoms with van der Waals surface area (Å²) in [7, 11) is 0. The van der Waals surface area contributed by atoms with E-state index in [1.165, 1.54) is 0 Å². The lowest BCUT2D eigenvalue weighted by molar-refractivity contribution is -0.152. The number of esters is 1. The van der Waals surface area contributed by atoms with Crippen LogP contribution in [0, 0.1) is 17.8 Å². The summed E-state index contributed by atoms with van der Waals surface area (Å²) in [5.74, 6) is 6.29. The molecule has 4 atom stereocenters. The van der Waals surface area contributed by atoms with Crippen LogP contribution in [-0.2, 0) is 9.53 Å². The summed E-state index contributed by atoms with van der Waals surface area (Å²) in [4.78, 5) is 14.3. The first-order valence-corrected chi connectivity index (χ1v) is 9.75. The van der Waals surface area contributed by atoms with Gasteiger partial charge in [0.1, 0.15) is 5.60 Å². The maximum atomic E-state index is 12.0. The minimum atomic E-state index is -0.995. The molecule has 1 aliphatic heterocycles. The molecule has 1 saturated carbocycles. The number of ether oxygens (including phenoxy) is 1. The molecule has 0 bridgehead atoms. The van der Waals surface area contributed by atoms with E-state index >= 15 is 0 Å². The Morgan fingerprint density at radius 3 is 2.77 bits per heavy atom. The van der Waals surface area contributed by atoms with E-state index in [-0.39, 0.29) is 24.0 Å². The number of fused-ring (bicyclic) bond motifs is 1. The van der Waals surface area contributed by atoms with Gasteiger partial charge in [0.15, 0.2) is 0 Å². The highest BCUT2D eigenvalue weighted by molar-refractivity contribution is 5.71. The van der Waals surface area contributed by atoms with E-state index in [1.807, 2.05) is 37.3 Å². The minimum Gasteiger partial charge on any atom is -0.465 e. The van der Waals surface area contributed by atoms with Gasteiger partial charge in [-0.2, -0.15) is 0 Å². The van der Waals surface area contributed by atoms with Crippen LogP contribution < -0.4 is 0 Å². The van der Waals surface area contributed by atoms with Crippen molar-refractivity contribution in [3.63, 3.8) is 0 Å². The first kappa shape index (κ1) is 18.9. The molecule has 0 amide bonds. The molecule has 140 valence electrons. The summed E-state index contributed by atoms with van der Waals surface area (Å²) in [5.41, 5.74) is -0.0687. The van der Waals surface area contributed by atoms with E-state index < -0.39 is 5.60 Å². The maximum absolute atomic E-state index is 12.0. The first-order chi connectivity index (χ1) is 12.5. The predicted molar refractivity (Wildman–Crippen MR) is 101 cm³/mol. The fraction of sp³-hybridized carbons (Fsp3) is 0.591. The van der Waals surface area contributed by atoms with Gasteiger partial charge in [0.2, 0.25) is 0 Å². The quantitative estimate of drug-likeness (QED) is 0.669. The average Bonchev–Trinajstić information content (AvgIpc) is 2.65. The number of aliphatic hydroxyl groups is 1. The molecule has 0 aromatic heterocycles. The van der Waals surface area contributed by atoms with Crippen molar-refractivity contribution in [2.45, 2.75) is 63.6 Å². The van der Waals surface area contributed by atoms with E-state index in [0.29, 0.717) is 19.6 Å². The Hall–Kier alpha value is -1.83. The van der Waals surface area contributed by atoms with E-state index in [1.54, 1.807) is 0 Å². The number of hydrogen-bond acceptors (Lipinski definition) is 4. The molecule has 1 aromatic carbocycles. The molecule has 26 heavy (non-hydrogen) atoms.